The maximum Gasteiger partial charge on any atom is 0.157 e. The third-order valence-electron chi connectivity index (χ3n) is 3.47. The van der Waals surface area contributed by atoms with Crippen molar-refractivity contribution in [1.82, 2.24) is 0 Å². The van der Waals surface area contributed by atoms with Crippen LogP contribution in [0.4, 0.5) is 0 Å². The lowest BCUT2D eigenvalue weighted by molar-refractivity contribution is -0.672. The first-order chi connectivity index (χ1) is 10.1. The SMILES string of the molecule is CC(C)(C)c1ccc(OCCC[NH2+]Cc2ccco2)cc1. The summed E-state index contributed by atoms with van der Waals surface area (Å²) >= 11 is 0. The molecule has 0 amide bonds. The van der Waals surface area contributed by atoms with Gasteiger partial charge in [0.15, 0.2) is 5.76 Å². The van der Waals surface area contributed by atoms with Gasteiger partial charge in [-0.05, 0) is 35.2 Å². The molecule has 1 heterocycles. The van der Waals surface area contributed by atoms with Gasteiger partial charge in [0.05, 0.1) is 19.4 Å². The van der Waals surface area contributed by atoms with Gasteiger partial charge < -0.3 is 14.5 Å². The Morgan fingerprint density at radius 1 is 1.10 bits per heavy atom. The summed E-state index contributed by atoms with van der Waals surface area (Å²) in [5.74, 6) is 1.97. The molecule has 2 N–H and O–H groups in total. The van der Waals surface area contributed by atoms with Crippen LogP contribution in [0.25, 0.3) is 0 Å². The molecule has 1 aromatic carbocycles. The zero-order chi connectivity index (χ0) is 15.1. The van der Waals surface area contributed by atoms with Crippen LogP contribution < -0.4 is 10.1 Å². The number of ether oxygens (including phenoxy) is 1. The van der Waals surface area contributed by atoms with Gasteiger partial charge in [0.25, 0.3) is 0 Å². The van der Waals surface area contributed by atoms with Crippen LogP contribution in [0.1, 0.15) is 38.5 Å². The van der Waals surface area contributed by atoms with Crippen molar-refractivity contribution >= 4 is 0 Å². The Kier molecular flexibility index (Phi) is 5.45. The molecular weight excluding hydrogens is 262 g/mol. The molecule has 0 fully saturated rings. The molecule has 0 saturated heterocycles. The first kappa shape index (κ1) is 15.6. The van der Waals surface area contributed by atoms with Crippen molar-refractivity contribution < 1.29 is 14.5 Å². The van der Waals surface area contributed by atoms with E-state index in [1.54, 1.807) is 6.26 Å². The van der Waals surface area contributed by atoms with Gasteiger partial charge in [-0.2, -0.15) is 0 Å². The Bertz CT molecular complexity index is 509. The van der Waals surface area contributed by atoms with Crippen molar-refractivity contribution in [2.45, 2.75) is 39.2 Å². The second-order valence-electron chi connectivity index (χ2n) is 6.34. The van der Waals surface area contributed by atoms with Crippen LogP contribution >= 0.6 is 0 Å². The van der Waals surface area contributed by atoms with Gasteiger partial charge in [-0.25, -0.2) is 0 Å². The molecule has 0 saturated carbocycles. The third kappa shape index (κ3) is 5.27. The van der Waals surface area contributed by atoms with Crippen molar-refractivity contribution in [3.05, 3.63) is 54.0 Å². The van der Waals surface area contributed by atoms with Gasteiger partial charge in [-0.3, -0.25) is 0 Å². The fourth-order valence-corrected chi connectivity index (χ4v) is 2.14. The van der Waals surface area contributed by atoms with E-state index in [0.717, 1.165) is 37.6 Å². The van der Waals surface area contributed by atoms with Gasteiger partial charge in [-0.1, -0.05) is 32.9 Å². The second-order valence-corrected chi connectivity index (χ2v) is 6.34. The first-order valence-electron chi connectivity index (χ1n) is 7.63. The van der Waals surface area contributed by atoms with Crippen molar-refractivity contribution in [1.29, 1.82) is 0 Å². The molecule has 2 aromatic rings. The van der Waals surface area contributed by atoms with Crippen molar-refractivity contribution in [3.63, 3.8) is 0 Å². The summed E-state index contributed by atoms with van der Waals surface area (Å²) in [5, 5.41) is 2.24. The summed E-state index contributed by atoms with van der Waals surface area (Å²) < 4.78 is 11.1. The highest BCUT2D eigenvalue weighted by atomic mass is 16.5. The van der Waals surface area contributed by atoms with Gasteiger partial charge >= 0.3 is 0 Å². The van der Waals surface area contributed by atoms with E-state index in [0.29, 0.717) is 0 Å². The highest BCUT2D eigenvalue weighted by molar-refractivity contribution is 5.31. The first-order valence-corrected chi connectivity index (χ1v) is 7.63. The molecule has 0 aliphatic heterocycles. The van der Waals surface area contributed by atoms with E-state index in [4.69, 9.17) is 9.15 Å². The lowest BCUT2D eigenvalue weighted by Gasteiger charge is -2.19. The summed E-state index contributed by atoms with van der Waals surface area (Å²) in [6.07, 6.45) is 2.75. The number of quaternary nitrogens is 1. The minimum Gasteiger partial charge on any atom is -0.493 e. The van der Waals surface area contributed by atoms with Gasteiger partial charge in [0.2, 0.25) is 0 Å². The molecule has 0 atom stereocenters. The number of nitrogens with two attached hydrogens (primary N) is 1. The number of hydrogen-bond acceptors (Lipinski definition) is 2. The largest absolute Gasteiger partial charge is 0.493 e. The molecule has 0 aliphatic carbocycles. The average molecular weight is 288 g/mol. The summed E-state index contributed by atoms with van der Waals surface area (Å²) in [5.41, 5.74) is 1.53. The van der Waals surface area contributed by atoms with Crippen LogP contribution in [0.3, 0.4) is 0 Å². The van der Waals surface area contributed by atoms with Crippen molar-refractivity contribution in [2.24, 2.45) is 0 Å². The van der Waals surface area contributed by atoms with Crippen LogP contribution in [0, 0.1) is 0 Å². The van der Waals surface area contributed by atoms with E-state index >= 15 is 0 Å². The van der Waals surface area contributed by atoms with Crippen LogP contribution in [-0.2, 0) is 12.0 Å². The van der Waals surface area contributed by atoms with E-state index in [-0.39, 0.29) is 5.41 Å². The Morgan fingerprint density at radius 2 is 1.86 bits per heavy atom. The third-order valence-corrected chi connectivity index (χ3v) is 3.47. The number of hydrogen-bond donors (Lipinski definition) is 1. The topological polar surface area (TPSA) is 39.0 Å². The molecule has 0 bridgehead atoms. The van der Waals surface area contributed by atoms with E-state index in [1.807, 2.05) is 12.1 Å². The number of furan rings is 1. The van der Waals surface area contributed by atoms with Crippen LogP contribution in [0.2, 0.25) is 0 Å². The normalized spacial score (nSPS) is 11.6. The second kappa shape index (κ2) is 7.32. The Labute approximate surface area is 127 Å². The molecule has 0 unspecified atom stereocenters. The molecule has 0 spiro atoms. The predicted octanol–water partition coefficient (Wildman–Crippen LogP) is 3.11. The van der Waals surface area contributed by atoms with Crippen LogP contribution in [0.5, 0.6) is 5.75 Å². The fourth-order valence-electron chi connectivity index (χ4n) is 2.14. The van der Waals surface area contributed by atoms with Gasteiger partial charge in [0, 0.05) is 6.42 Å². The molecule has 21 heavy (non-hydrogen) atoms. The lowest BCUT2D eigenvalue weighted by Crippen LogP contribution is -2.82. The van der Waals surface area contributed by atoms with Crippen LogP contribution in [0.15, 0.2) is 47.1 Å². The Hall–Kier alpha value is -1.74. The highest BCUT2D eigenvalue weighted by Crippen LogP contribution is 2.24. The van der Waals surface area contributed by atoms with Crippen molar-refractivity contribution in [2.75, 3.05) is 13.2 Å². The standard InChI is InChI=1S/C18H25NO2/c1-18(2,3)15-7-9-16(10-8-15)20-13-5-11-19-14-17-6-4-12-21-17/h4,6-10,12,19H,5,11,13-14H2,1-3H3/p+1. The van der Waals surface area contributed by atoms with Gasteiger partial charge in [0.1, 0.15) is 12.3 Å². The number of rotatable bonds is 7. The molecule has 1 aromatic heterocycles. The fraction of sp³-hybridized carbons (Fsp3) is 0.444. The average Bonchev–Trinajstić information content (AvgIpc) is 2.95. The Morgan fingerprint density at radius 3 is 2.48 bits per heavy atom. The highest BCUT2D eigenvalue weighted by Gasteiger charge is 2.12. The van der Waals surface area contributed by atoms with Crippen molar-refractivity contribution in [3.8, 4) is 5.75 Å². The quantitative estimate of drug-likeness (QED) is 0.795. The smallest absolute Gasteiger partial charge is 0.157 e. The molecule has 0 radical (unpaired) electrons. The zero-order valence-corrected chi connectivity index (χ0v) is 13.3. The summed E-state index contributed by atoms with van der Waals surface area (Å²) in [7, 11) is 0. The molecule has 2 rings (SSSR count). The predicted molar refractivity (Wildman–Crippen MR) is 84.5 cm³/mol. The summed E-state index contributed by atoms with van der Waals surface area (Å²) in [6.45, 7) is 9.35. The zero-order valence-electron chi connectivity index (χ0n) is 13.3. The van der Waals surface area contributed by atoms with Crippen LogP contribution in [-0.4, -0.2) is 13.2 Å². The molecule has 114 valence electrons. The molecule has 3 heteroatoms. The van der Waals surface area contributed by atoms with Gasteiger partial charge in [-0.15, -0.1) is 0 Å². The lowest BCUT2D eigenvalue weighted by atomic mass is 9.87. The van der Waals surface area contributed by atoms with E-state index in [1.165, 1.54) is 5.56 Å². The summed E-state index contributed by atoms with van der Waals surface area (Å²) in [4.78, 5) is 0. The molecular formula is C18H26NO2+. The minimum atomic E-state index is 0.194. The maximum atomic E-state index is 5.77. The minimum absolute atomic E-state index is 0.194. The monoisotopic (exact) mass is 288 g/mol. The Balaban J connectivity index is 1.62. The summed E-state index contributed by atoms with van der Waals surface area (Å²) in [6, 6.07) is 12.4. The van der Waals surface area contributed by atoms with E-state index in [9.17, 15) is 0 Å². The van der Waals surface area contributed by atoms with E-state index in [2.05, 4.69) is 50.4 Å². The molecule has 0 aliphatic rings. The number of benzene rings is 1. The van der Waals surface area contributed by atoms with E-state index < -0.39 is 0 Å². The maximum absolute atomic E-state index is 5.77. The molecule has 3 nitrogen and oxygen atoms in total.